The third-order valence-corrected chi connectivity index (χ3v) is 3.04. The smallest absolute Gasteiger partial charge is 0.168 e. The molecule has 1 saturated heterocycles. The van der Waals surface area contributed by atoms with Crippen molar-refractivity contribution in [3.8, 4) is 0 Å². The van der Waals surface area contributed by atoms with Crippen LogP contribution in [0.3, 0.4) is 0 Å². The van der Waals surface area contributed by atoms with Gasteiger partial charge in [0.15, 0.2) is 6.30 Å². The zero-order valence-corrected chi connectivity index (χ0v) is 8.91. The summed E-state index contributed by atoms with van der Waals surface area (Å²) >= 11 is 0. The molecule has 0 bridgehead atoms. The van der Waals surface area contributed by atoms with Gasteiger partial charge in [0.2, 0.25) is 0 Å². The molecule has 4 heteroatoms. The highest BCUT2D eigenvalue weighted by molar-refractivity contribution is 5.92. The SMILES string of the molecule is FC1CN(c2cccc3[nH]ccc23)CCN1. The van der Waals surface area contributed by atoms with Crippen molar-refractivity contribution < 1.29 is 4.39 Å². The van der Waals surface area contributed by atoms with Crippen molar-refractivity contribution in [2.24, 2.45) is 0 Å². The van der Waals surface area contributed by atoms with Crippen LogP contribution in [0, 0.1) is 0 Å². The van der Waals surface area contributed by atoms with Gasteiger partial charge in [-0.05, 0) is 18.2 Å². The Balaban J connectivity index is 2.01. The zero-order chi connectivity index (χ0) is 11.0. The summed E-state index contributed by atoms with van der Waals surface area (Å²) in [7, 11) is 0. The lowest BCUT2D eigenvalue weighted by Gasteiger charge is -2.32. The molecule has 1 aromatic heterocycles. The van der Waals surface area contributed by atoms with Crippen LogP contribution >= 0.6 is 0 Å². The number of piperazine rings is 1. The summed E-state index contributed by atoms with van der Waals surface area (Å²) in [6.07, 6.45) is 0.992. The lowest BCUT2D eigenvalue weighted by molar-refractivity contribution is 0.257. The molecule has 0 spiro atoms. The fourth-order valence-corrected chi connectivity index (χ4v) is 2.27. The molecular formula is C12H14FN3. The average molecular weight is 219 g/mol. The monoisotopic (exact) mass is 219 g/mol. The van der Waals surface area contributed by atoms with Crippen molar-refractivity contribution in [2.75, 3.05) is 24.5 Å². The first-order valence-corrected chi connectivity index (χ1v) is 5.53. The van der Waals surface area contributed by atoms with Crippen molar-refractivity contribution in [1.29, 1.82) is 0 Å². The maximum Gasteiger partial charge on any atom is 0.168 e. The second kappa shape index (κ2) is 3.79. The molecule has 3 rings (SSSR count). The number of H-pyrrole nitrogens is 1. The number of hydrogen-bond acceptors (Lipinski definition) is 2. The molecule has 84 valence electrons. The van der Waals surface area contributed by atoms with Crippen LogP contribution in [0.2, 0.25) is 0 Å². The van der Waals surface area contributed by atoms with Crippen LogP contribution in [0.15, 0.2) is 30.5 Å². The quantitative estimate of drug-likeness (QED) is 0.717. The second-order valence-corrected chi connectivity index (χ2v) is 4.08. The fraction of sp³-hybridized carbons (Fsp3) is 0.333. The third kappa shape index (κ3) is 1.55. The van der Waals surface area contributed by atoms with E-state index in [0.717, 1.165) is 23.1 Å². The molecule has 0 amide bonds. The van der Waals surface area contributed by atoms with Crippen LogP contribution in [0.1, 0.15) is 0 Å². The van der Waals surface area contributed by atoms with E-state index in [1.165, 1.54) is 0 Å². The molecule has 16 heavy (non-hydrogen) atoms. The molecule has 1 aliphatic rings. The van der Waals surface area contributed by atoms with Crippen LogP contribution in [0.5, 0.6) is 0 Å². The maximum atomic E-state index is 13.3. The van der Waals surface area contributed by atoms with E-state index in [1.807, 2.05) is 30.5 Å². The van der Waals surface area contributed by atoms with Gasteiger partial charge in [-0.1, -0.05) is 6.07 Å². The standard InChI is InChI=1S/C12H14FN3/c13-12-8-16(7-6-15-12)11-3-1-2-10-9(11)4-5-14-10/h1-5,12,14-15H,6-8H2. The van der Waals surface area contributed by atoms with Gasteiger partial charge in [0.05, 0.1) is 6.54 Å². The van der Waals surface area contributed by atoms with E-state index >= 15 is 0 Å². The Morgan fingerprint density at radius 2 is 2.25 bits per heavy atom. The van der Waals surface area contributed by atoms with Crippen molar-refractivity contribution >= 4 is 16.6 Å². The van der Waals surface area contributed by atoms with E-state index in [0.29, 0.717) is 13.1 Å². The molecule has 0 radical (unpaired) electrons. The number of nitrogens with zero attached hydrogens (tertiary/aromatic N) is 1. The predicted octanol–water partition coefficient (Wildman–Crippen LogP) is 1.87. The van der Waals surface area contributed by atoms with Crippen LogP contribution in [0.4, 0.5) is 10.1 Å². The van der Waals surface area contributed by atoms with Crippen LogP contribution in [-0.2, 0) is 0 Å². The molecule has 1 aromatic carbocycles. The van der Waals surface area contributed by atoms with Gasteiger partial charge < -0.3 is 9.88 Å². The molecule has 3 nitrogen and oxygen atoms in total. The highest BCUT2D eigenvalue weighted by atomic mass is 19.1. The number of alkyl halides is 1. The molecule has 2 heterocycles. The van der Waals surface area contributed by atoms with Gasteiger partial charge in [0, 0.05) is 35.9 Å². The second-order valence-electron chi connectivity index (χ2n) is 4.08. The molecule has 1 atom stereocenters. The Labute approximate surface area is 93.3 Å². The maximum absolute atomic E-state index is 13.3. The summed E-state index contributed by atoms with van der Waals surface area (Å²) in [5.74, 6) is 0. The number of anilines is 1. The van der Waals surface area contributed by atoms with E-state index < -0.39 is 6.30 Å². The average Bonchev–Trinajstić information content (AvgIpc) is 2.76. The lowest BCUT2D eigenvalue weighted by Crippen LogP contribution is -2.48. The number of fused-ring (bicyclic) bond motifs is 1. The van der Waals surface area contributed by atoms with Crippen LogP contribution < -0.4 is 10.2 Å². The predicted molar refractivity (Wildman–Crippen MR) is 63.4 cm³/mol. The lowest BCUT2D eigenvalue weighted by atomic mass is 10.2. The van der Waals surface area contributed by atoms with Gasteiger partial charge in [-0.3, -0.25) is 5.32 Å². The number of aromatic amines is 1. The number of aromatic nitrogens is 1. The molecule has 0 aliphatic carbocycles. The Morgan fingerprint density at radius 3 is 3.12 bits per heavy atom. The summed E-state index contributed by atoms with van der Waals surface area (Å²) in [6, 6.07) is 8.13. The van der Waals surface area contributed by atoms with Gasteiger partial charge in [-0.15, -0.1) is 0 Å². The minimum absolute atomic E-state index is 0.421. The summed E-state index contributed by atoms with van der Waals surface area (Å²) in [5.41, 5.74) is 2.22. The van der Waals surface area contributed by atoms with Crippen LogP contribution in [-0.4, -0.2) is 30.9 Å². The zero-order valence-electron chi connectivity index (χ0n) is 8.91. The first kappa shape index (κ1) is 9.66. The molecule has 2 aromatic rings. The molecule has 2 N–H and O–H groups in total. The van der Waals surface area contributed by atoms with E-state index in [-0.39, 0.29) is 0 Å². The van der Waals surface area contributed by atoms with E-state index in [2.05, 4.69) is 15.2 Å². The molecule has 1 aliphatic heterocycles. The normalized spacial score (nSPS) is 21.6. The highest BCUT2D eigenvalue weighted by Crippen LogP contribution is 2.26. The minimum atomic E-state index is -0.928. The topological polar surface area (TPSA) is 31.1 Å². The van der Waals surface area contributed by atoms with E-state index in [4.69, 9.17) is 0 Å². The number of nitrogens with one attached hydrogen (secondary N) is 2. The van der Waals surface area contributed by atoms with Gasteiger partial charge in [-0.25, -0.2) is 4.39 Å². The van der Waals surface area contributed by atoms with Crippen molar-refractivity contribution in [1.82, 2.24) is 10.3 Å². The fourth-order valence-electron chi connectivity index (χ4n) is 2.27. The van der Waals surface area contributed by atoms with Gasteiger partial charge in [-0.2, -0.15) is 0 Å². The first-order valence-electron chi connectivity index (χ1n) is 5.53. The molecule has 1 unspecified atom stereocenters. The Hall–Kier alpha value is -1.55. The first-order chi connectivity index (χ1) is 7.84. The highest BCUT2D eigenvalue weighted by Gasteiger charge is 2.19. The summed E-state index contributed by atoms with van der Waals surface area (Å²) in [5, 5.41) is 3.97. The Kier molecular flexibility index (Phi) is 2.29. The van der Waals surface area contributed by atoms with Crippen molar-refractivity contribution in [2.45, 2.75) is 6.30 Å². The summed E-state index contributed by atoms with van der Waals surface area (Å²) in [6.45, 7) is 1.97. The largest absolute Gasteiger partial charge is 0.365 e. The van der Waals surface area contributed by atoms with Crippen molar-refractivity contribution in [3.05, 3.63) is 30.5 Å². The van der Waals surface area contributed by atoms with Gasteiger partial charge in [0.1, 0.15) is 0 Å². The van der Waals surface area contributed by atoms with Gasteiger partial charge >= 0.3 is 0 Å². The molecule has 0 saturated carbocycles. The number of hydrogen-bond donors (Lipinski definition) is 2. The van der Waals surface area contributed by atoms with E-state index in [1.54, 1.807) is 0 Å². The van der Waals surface area contributed by atoms with E-state index in [9.17, 15) is 4.39 Å². The van der Waals surface area contributed by atoms with Crippen molar-refractivity contribution in [3.63, 3.8) is 0 Å². The molecule has 1 fully saturated rings. The Morgan fingerprint density at radius 1 is 1.31 bits per heavy atom. The molecular weight excluding hydrogens is 205 g/mol. The summed E-state index contributed by atoms with van der Waals surface area (Å²) in [4.78, 5) is 5.27. The number of halogens is 1. The number of benzene rings is 1. The Bertz CT molecular complexity index is 494. The van der Waals surface area contributed by atoms with Crippen LogP contribution in [0.25, 0.3) is 10.9 Å². The third-order valence-electron chi connectivity index (χ3n) is 3.04. The minimum Gasteiger partial charge on any atom is -0.365 e. The number of rotatable bonds is 1. The summed E-state index contributed by atoms with van der Waals surface area (Å²) < 4.78 is 13.3. The van der Waals surface area contributed by atoms with Gasteiger partial charge in [0.25, 0.3) is 0 Å².